The molecule has 4 nitrogen and oxygen atoms in total. The van der Waals surface area contributed by atoms with Crippen molar-refractivity contribution in [3.8, 4) is 0 Å². The zero-order valence-corrected chi connectivity index (χ0v) is 13.0. The molecule has 1 heterocycles. The quantitative estimate of drug-likeness (QED) is 0.871. The van der Waals surface area contributed by atoms with Crippen molar-refractivity contribution in [3.05, 3.63) is 22.2 Å². The SMILES string of the molecule is CC(C)(C)c1nnc(CNC(=O)C2CC3C=CC2C3)s1. The van der Waals surface area contributed by atoms with Crippen molar-refractivity contribution in [2.24, 2.45) is 17.8 Å². The van der Waals surface area contributed by atoms with Crippen molar-refractivity contribution in [1.82, 2.24) is 15.5 Å². The van der Waals surface area contributed by atoms with Crippen LogP contribution in [-0.2, 0) is 16.8 Å². The van der Waals surface area contributed by atoms with Gasteiger partial charge < -0.3 is 5.32 Å². The molecule has 0 aliphatic heterocycles. The number of nitrogens with zero attached hydrogens (tertiary/aromatic N) is 2. The Bertz CT molecular complexity index is 544. The molecule has 0 spiro atoms. The van der Waals surface area contributed by atoms with Crippen LogP contribution in [0.1, 0.15) is 43.6 Å². The van der Waals surface area contributed by atoms with Gasteiger partial charge in [0.1, 0.15) is 10.0 Å². The van der Waals surface area contributed by atoms with Gasteiger partial charge in [-0.2, -0.15) is 0 Å². The van der Waals surface area contributed by atoms with E-state index in [4.69, 9.17) is 0 Å². The Morgan fingerprint density at radius 1 is 1.35 bits per heavy atom. The molecule has 1 amide bonds. The largest absolute Gasteiger partial charge is 0.349 e. The van der Waals surface area contributed by atoms with Crippen LogP contribution in [-0.4, -0.2) is 16.1 Å². The number of nitrogens with one attached hydrogen (secondary N) is 1. The Morgan fingerprint density at radius 3 is 2.70 bits per heavy atom. The number of amides is 1. The maximum absolute atomic E-state index is 12.2. The molecule has 1 N–H and O–H groups in total. The maximum Gasteiger partial charge on any atom is 0.224 e. The second-order valence-corrected chi connectivity index (χ2v) is 7.92. The average molecular weight is 291 g/mol. The molecule has 0 radical (unpaired) electrons. The third kappa shape index (κ3) is 2.64. The van der Waals surface area contributed by atoms with E-state index in [1.807, 2.05) is 0 Å². The van der Waals surface area contributed by atoms with Gasteiger partial charge in [-0.05, 0) is 24.7 Å². The van der Waals surface area contributed by atoms with Crippen molar-refractivity contribution in [3.63, 3.8) is 0 Å². The van der Waals surface area contributed by atoms with E-state index < -0.39 is 0 Å². The van der Waals surface area contributed by atoms with Gasteiger partial charge >= 0.3 is 0 Å². The number of carbonyl (C=O) groups is 1. The summed E-state index contributed by atoms with van der Waals surface area (Å²) in [5.74, 6) is 1.43. The van der Waals surface area contributed by atoms with E-state index >= 15 is 0 Å². The topological polar surface area (TPSA) is 54.9 Å². The second-order valence-electron chi connectivity index (χ2n) is 6.86. The molecule has 0 saturated heterocycles. The smallest absolute Gasteiger partial charge is 0.224 e. The molecule has 1 aromatic rings. The fourth-order valence-electron chi connectivity index (χ4n) is 3.00. The van der Waals surface area contributed by atoms with Crippen molar-refractivity contribution >= 4 is 17.2 Å². The molecule has 20 heavy (non-hydrogen) atoms. The summed E-state index contributed by atoms with van der Waals surface area (Å²) >= 11 is 1.59. The zero-order valence-electron chi connectivity index (χ0n) is 12.2. The number of fused-ring (bicyclic) bond motifs is 2. The first-order chi connectivity index (χ1) is 9.43. The standard InChI is InChI=1S/C15H21N3OS/c1-15(2,3)14-18-17-12(20-14)8-16-13(19)11-7-9-4-5-10(11)6-9/h4-5,9-11H,6-8H2,1-3H3,(H,16,19). The van der Waals surface area contributed by atoms with Crippen LogP contribution in [0.4, 0.5) is 0 Å². The summed E-state index contributed by atoms with van der Waals surface area (Å²) < 4.78 is 0. The minimum absolute atomic E-state index is 0.0231. The van der Waals surface area contributed by atoms with Gasteiger partial charge in [0.15, 0.2) is 0 Å². The summed E-state index contributed by atoms with van der Waals surface area (Å²) in [7, 11) is 0. The van der Waals surface area contributed by atoms with Crippen LogP contribution in [0.15, 0.2) is 12.2 Å². The summed E-state index contributed by atoms with van der Waals surface area (Å²) in [5.41, 5.74) is 0.0231. The van der Waals surface area contributed by atoms with Crippen molar-refractivity contribution in [2.45, 2.75) is 45.6 Å². The van der Waals surface area contributed by atoms with E-state index in [1.165, 1.54) is 0 Å². The number of rotatable bonds is 3. The van der Waals surface area contributed by atoms with Crippen LogP contribution < -0.4 is 5.32 Å². The zero-order chi connectivity index (χ0) is 14.3. The molecule has 2 aliphatic rings. The number of hydrogen-bond acceptors (Lipinski definition) is 4. The fourth-order valence-corrected chi connectivity index (χ4v) is 3.84. The molecule has 1 fully saturated rings. The highest BCUT2D eigenvalue weighted by molar-refractivity contribution is 7.11. The molecule has 2 bridgehead atoms. The Balaban J connectivity index is 1.56. The first-order valence-corrected chi connectivity index (χ1v) is 8.04. The Morgan fingerprint density at radius 2 is 2.15 bits per heavy atom. The minimum Gasteiger partial charge on any atom is -0.349 e. The highest BCUT2D eigenvalue weighted by atomic mass is 32.1. The molecule has 3 atom stereocenters. The van der Waals surface area contributed by atoms with E-state index in [0.29, 0.717) is 18.4 Å². The van der Waals surface area contributed by atoms with Gasteiger partial charge in [0.25, 0.3) is 0 Å². The fraction of sp³-hybridized carbons (Fsp3) is 0.667. The van der Waals surface area contributed by atoms with Crippen molar-refractivity contribution < 1.29 is 4.79 Å². The highest BCUT2D eigenvalue weighted by Gasteiger charge is 2.39. The Hall–Kier alpha value is -1.23. The van der Waals surface area contributed by atoms with Crippen LogP contribution in [0.2, 0.25) is 0 Å². The Kier molecular flexibility index (Phi) is 3.40. The lowest BCUT2D eigenvalue weighted by atomic mass is 9.93. The van der Waals surface area contributed by atoms with E-state index in [9.17, 15) is 4.79 Å². The van der Waals surface area contributed by atoms with Gasteiger partial charge in [-0.3, -0.25) is 4.79 Å². The monoisotopic (exact) mass is 291 g/mol. The molecule has 1 aromatic heterocycles. The average Bonchev–Trinajstić information content (AvgIpc) is 3.10. The molecule has 2 aliphatic carbocycles. The van der Waals surface area contributed by atoms with Crippen LogP contribution in [0.3, 0.4) is 0 Å². The van der Waals surface area contributed by atoms with Crippen LogP contribution >= 0.6 is 11.3 Å². The lowest BCUT2D eigenvalue weighted by Crippen LogP contribution is -2.32. The number of allylic oxidation sites excluding steroid dienone is 2. The number of hydrogen-bond donors (Lipinski definition) is 1. The third-order valence-corrected chi connectivity index (χ3v) is 5.49. The van der Waals surface area contributed by atoms with Gasteiger partial charge in [-0.25, -0.2) is 0 Å². The molecule has 3 unspecified atom stereocenters. The van der Waals surface area contributed by atoms with Gasteiger partial charge in [-0.15, -0.1) is 10.2 Å². The van der Waals surface area contributed by atoms with E-state index in [0.717, 1.165) is 22.9 Å². The second kappa shape index (κ2) is 4.95. The summed E-state index contributed by atoms with van der Waals surface area (Å²) in [6, 6.07) is 0. The molecule has 108 valence electrons. The van der Waals surface area contributed by atoms with E-state index in [2.05, 4.69) is 48.4 Å². The first-order valence-electron chi connectivity index (χ1n) is 7.22. The van der Waals surface area contributed by atoms with Crippen molar-refractivity contribution in [2.75, 3.05) is 0 Å². The lowest BCUT2D eigenvalue weighted by Gasteiger charge is -2.16. The maximum atomic E-state index is 12.2. The summed E-state index contributed by atoms with van der Waals surface area (Å²) in [6.45, 7) is 6.87. The first kappa shape index (κ1) is 13.7. The van der Waals surface area contributed by atoms with Crippen LogP contribution in [0.25, 0.3) is 0 Å². The van der Waals surface area contributed by atoms with E-state index in [-0.39, 0.29) is 17.2 Å². The van der Waals surface area contributed by atoms with Gasteiger partial charge in [0, 0.05) is 11.3 Å². The third-order valence-electron chi connectivity index (χ3n) is 4.14. The van der Waals surface area contributed by atoms with Gasteiger partial charge in [-0.1, -0.05) is 44.3 Å². The molecular weight excluding hydrogens is 270 g/mol. The lowest BCUT2D eigenvalue weighted by molar-refractivity contribution is -0.125. The summed E-state index contributed by atoms with van der Waals surface area (Å²) in [5, 5.41) is 13.3. The summed E-state index contributed by atoms with van der Waals surface area (Å²) in [6.07, 6.45) is 6.64. The predicted octanol–water partition coefficient (Wildman–Crippen LogP) is 2.66. The number of carbonyl (C=O) groups excluding carboxylic acids is 1. The normalized spacial score (nSPS) is 28.1. The predicted molar refractivity (Wildman–Crippen MR) is 79.3 cm³/mol. The summed E-state index contributed by atoms with van der Waals surface area (Å²) in [4.78, 5) is 12.2. The van der Waals surface area contributed by atoms with E-state index in [1.54, 1.807) is 11.3 Å². The Labute approximate surface area is 123 Å². The van der Waals surface area contributed by atoms with Gasteiger partial charge in [0.05, 0.1) is 6.54 Å². The molecule has 3 rings (SSSR count). The molecule has 1 saturated carbocycles. The van der Waals surface area contributed by atoms with Crippen molar-refractivity contribution in [1.29, 1.82) is 0 Å². The van der Waals surface area contributed by atoms with Crippen LogP contribution in [0, 0.1) is 17.8 Å². The number of aromatic nitrogens is 2. The van der Waals surface area contributed by atoms with Gasteiger partial charge in [0.2, 0.25) is 5.91 Å². The molecular formula is C15H21N3OS. The minimum atomic E-state index is 0.0231. The molecule has 5 heteroatoms. The van der Waals surface area contributed by atoms with Crippen LogP contribution in [0.5, 0.6) is 0 Å². The molecule has 0 aromatic carbocycles. The highest BCUT2D eigenvalue weighted by Crippen LogP contribution is 2.43.